The fourth-order valence-corrected chi connectivity index (χ4v) is 5.07. The van der Waals surface area contributed by atoms with E-state index in [1.165, 1.54) is 71.1 Å². The van der Waals surface area contributed by atoms with Crippen molar-refractivity contribution >= 4 is 10.9 Å². The Bertz CT molecular complexity index is 1010. The molecule has 4 N–H and O–H groups in total. The smallest absolute Gasteiger partial charge is 0.0486 e. The predicted octanol–water partition coefficient (Wildman–Crippen LogP) is 5.05. The van der Waals surface area contributed by atoms with Gasteiger partial charge in [-0.15, -0.1) is 0 Å². The number of nitrogens with two attached hydrogens (primary N) is 2. The van der Waals surface area contributed by atoms with Gasteiger partial charge in [-0.3, -0.25) is 4.90 Å². The molecule has 0 bridgehead atoms. The van der Waals surface area contributed by atoms with Crippen LogP contribution in [0.4, 0.5) is 0 Å². The van der Waals surface area contributed by atoms with Crippen molar-refractivity contribution in [1.82, 2.24) is 9.47 Å². The van der Waals surface area contributed by atoms with Gasteiger partial charge in [-0.05, 0) is 80.6 Å². The largest absolute Gasteiger partial charge is 0.347 e. The second-order valence-corrected chi connectivity index (χ2v) is 9.22. The molecule has 4 heteroatoms. The molecule has 2 aromatic carbocycles. The van der Waals surface area contributed by atoms with E-state index in [0.29, 0.717) is 13.1 Å². The highest BCUT2D eigenvalue weighted by Gasteiger charge is 2.19. The van der Waals surface area contributed by atoms with Gasteiger partial charge in [0.05, 0.1) is 0 Å². The predicted molar refractivity (Wildman–Crippen MR) is 132 cm³/mol. The molecule has 0 radical (unpaired) electrons. The van der Waals surface area contributed by atoms with Crippen molar-refractivity contribution in [1.29, 1.82) is 0 Å². The molecule has 4 nitrogen and oxygen atoms in total. The maximum absolute atomic E-state index is 6.13. The quantitative estimate of drug-likeness (QED) is 0.538. The van der Waals surface area contributed by atoms with E-state index >= 15 is 0 Å². The van der Waals surface area contributed by atoms with Crippen LogP contribution in [-0.4, -0.2) is 29.1 Å². The molecule has 1 fully saturated rings. The van der Waals surface area contributed by atoms with Crippen LogP contribution < -0.4 is 11.5 Å². The van der Waals surface area contributed by atoms with Gasteiger partial charge in [0.25, 0.3) is 0 Å². The minimum absolute atomic E-state index is 0.554. The van der Waals surface area contributed by atoms with Crippen molar-refractivity contribution in [3.05, 3.63) is 59.3 Å². The summed E-state index contributed by atoms with van der Waals surface area (Å²) in [5, 5.41) is 1.33. The molecule has 1 aromatic heterocycles. The zero-order valence-corrected chi connectivity index (χ0v) is 19.2. The van der Waals surface area contributed by atoms with Gasteiger partial charge in [0.15, 0.2) is 0 Å². The topological polar surface area (TPSA) is 60.2 Å². The number of aromatic nitrogens is 1. The third kappa shape index (κ3) is 4.87. The number of piperidine rings is 1. The minimum atomic E-state index is 0.554. The molecule has 1 saturated heterocycles. The molecule has 0 spiro atoms. The van der Waals surface area contributed by atoms with Crippen molar-refractivity contribution in [2.45, 2.75) is 59.2 Å². The number of aryl methyl sites for hydroxylation is 2. The standard InChI is InChI=1S/C27H38N4/c1-3-21-9-13-30(14-10-21)18-22-6-8-27-25(16-22)26(19-31(27)12-4-11-28)24-7-5-20(2)15-23(24)17-29/h5-8,15-16,19,21H,3-4,9-14,17-18,28-29H2,1-2H3. The highest BCUT2D eigenvalue weighted by Crippen LogP contribution is 2.34. The lowest BCUT2D eigenvalue weighted by molar-refractivity contribution is 0.175. The third-order valence-electron chi connectivity index (χ3n) is 7.01. The Morgan fingerprint density at radius 2 is 1.81 bits per heavy atom. The first kappa shape index (κ1) is 22.1. The zero-order chi connectivity index (χ0) is 21.8. The first-order valence-electron chi connectivity index (χ1n) is 12.0. The van der Waals surface area contributed by atoms with Crippen LogP contribution in [0.2, 0.25) is 0 Å². The Labute approximate surface area is 187 Å². The second kappa shape index (κ2) is 9.99. The minimum Gasteiger partial charge on any atom is -0.347 e. The van der Waals surface area contributed by atoms with Crippen molar-refractivity contribution in [3.8, 4) is 11.1 Å². The molecule has 31 heavy (non-hydrogen) atoms. The van der Waals surface area contributed by atoms with Crippen LogP contribution in [0.1, 0.15) is 49.3 Å². The molecule has 1 aliphatic heterocycles. The summed E-state index contributed by atoms with van der Waals surface area (Å²) in [4.78, 5) is 2.62. The van der Waals surface area contributed by atoms with Gasteiger partial charge in [0, 0.05) is 42.3 Å². The van der Waals surface area contributed by atoms with Gasteiger partial charge in [0.1, 0.15) is 0 Å². The van der Waals surface area contributed by atoms with Crippen LogP contribution in [0.5, 0.6) is 0 Å². The Hall–Kier alpha value is -2.14. The maximum Gasteiger partial charge on any atom is 0.0486 e. The van der Waals surface area contributed by atoms with E-state index in [-0.39, 0.29) is 0 Å². The molecule has 3 aromatic rings. The van der Waals surface area contributed by atoms with E-state index in [2.05, 4.69) is 65.9 Å². The van der Waals surface area contributed by atoms with Crippen LogP contribution in [0.15, 0.2) is 42.6 Å². The molecular formula is C27H38N4. The zero-order valence-electron chi connectivity index (χ0n) is 19.2. The molecule has 4 rings (SSSR count). The van der Waals surface area contributed by atoms with Gasteiger partial charge in [-0.2, -0.15) is 0 Å². The average molecular weight is 419 g/mol. The first-order chi connectivity index (χ1) is 15.1. The van der Waals surface area contributed by atoms with E-state index in [0.717, 1.165) is 25.4 Å². The molecule has 0 saturated carbocycles. The molecule has 0 aliphatic carbocycles. The lowest BCUT2D eigenvalue weighted by atomic mass is 9.94. The van der Waals surface area contributed by atoms with Gasteiger partial charge in [-0.25, -0.2) is 0 Å². The molecule has 0 atom stereocenters. The van der Waals surface area contributed by atoms with E-state index in [1.807, 2.05) is 0 Å². The number of nitrogens with zero attached hydrogens (tertiary/aromatic N) is 2. The Balaban J connectivity index is 1.70. The van der Waals surface area contributed by atoms with Crippen LogP contribution in [0.25, 0.3) is 22.0 Å². The van der Waals surface area contributed by atoms with Crippen LogP contribution in [0, 0.1) is 12.8 Å². The number of hydrogen-bond donors (Lipinski definition) is 2. The molecule has 0 unspecified atom stereocenters. The Kier molecular flexibility index (Phi) is 7.11. The van der Waals surface area contributed by atoms with E-state index < -0.39 is 0 Å². The normalized spacial score (nSPS) is 15.7. The fourth-order valence-electron chi connectivity index (χ4n) is 5.07. The van der Waals surface area contributed by atoms with Gasteiger partial charge in [0.2, 0.25) is 0 Å². The molecule has 1 aliphatic rings. The number of hydrogen-bond acceptors (Lipinski definition) is 3. The summed E-state index contributed by atoms with van der Waals surface area (Å²) < 4.78 is 2.37. The molecule has 2 heterocycles. The number of fused-ring (bicyclic) bond motifs is 1. The van der Waals surface area contributed by atoms with E-state index in [4.69, 9.17) is 11.5 Å². The van der Waals surface area contributed by atoms with Gasteiger partial charge >= 0.3 is 0 Å². The number of benzene rings is 2. The van der Waals surface area contributed by atoms with E-state index in [1.54, 1.807) is 0 Å². The molecule has 166 valence electrons. The van der Waals surface area contributed by atoms with Crippen LogP contribution >= 0.6 is 0 Å². The number of likely N-dealkylation sites (tertiary alicyclic amines) is 1. The van der Waals surface area contributed by atoms with Crippen LogP contribution in [-0.2, 0) is 19.6 Å². The van der Waals surface area contributed by atoms with Crippen molar-refractivity contribution < 1.29 is 0 Å². The highest BCUT2D eigenvalue weighted by atomic mass is 15.1. The summed E-state index contributed by atoms with van der Waals surface area (Å²) >= 11 is 0. The SMILES string of the molecule is CCC1CCN(Cc2ccc3c(c2)c(-c2ccc(C)cc2CN)cn3CCCN)CC1. The Morgan fingerprint density at radius 1 is 1.00 bits per heavy atom. The summed E-state index contributed by atoms with van der Waals surface area (Å²) in [5.74, 6) is 0.915. The van der Waals surface area contributed by atoms with Crippen molar-refractivity contribution in [2.24, 2.45) is 17.4 Å². The average Bonchev–Trinajstić information content (AvgIpc) is 3.15. The van der Waals surface area contributed by atoms with Gasteiger partial charge < -0.3 is 16.0 Å². The fraction of sp³-hybridized carbons (Fsp3) is 0.481. The lowest BCUT2D eigenvalue weighted by Crippen LogP contribution is -2.32. The van der Waals surface area contributed by atoms with Gasteiger partial charge in [-0.1, -0.05) is 43.2 Å². The highest BCUT2D eigenvalue weighted by molar-refractivity contribution is 5.97. The van der Waals surface area contributed by atoms with Crippen molar-refractivity contribution in [2.75, 3.05) is 19.6 Å². The summed E-state index contributed by atoms with van der Waals surface area (Å²) in [6.45, 7) is 10.1. The van der Waals surface area contributed by atoms with Crippen molar-refractivity contribution in [3.63, 3.8) is 0 Å². The molecular weight excluding hydrogens is 380 g/mol. The van der Waals surface area contributed by atoms with E-state index in [9.17, 15) is 0 Å². The van der Waals surface area contributed by atoms with Crippen LogP contribution in [0.3, 0.4) is 0 Å². The monoisotopic (exact) mass is 418 g/mol. The first-order valence-corrected chi connectivity index (χ1v) is 12.0. The Morgan fingerprint density at radius 3 is 2.52 bits per heavy atom. The second-order valence-electron chi connectivity index (χ2n) is 9.22. The summed E-state index contributed by atoms with van der Waals surface area (Å²) in [6.07, 6.45) is 7.28. The molecule has 0 amide bonds. The summed E-state index contributed by atoms with van der Waals surface area (Å²) in [5.41, 5.74) is 19.7. The summed E-state index contributed by atoms with van der Waals surface area (Å²) in [6, 6.07) is 13.7. The third-order valence-corrected chi connectivity index (χ3v) is 7.01. The summed E-state index contributed by atoms with van der Waals surface area (Å²) in [7, 11) is 0. The number of rotatable bonds is 8. The lowest BCUT2D eigenvalue weighted by Gasteiger charge is -2.31. The maximum atomic E-state index is 6.13.